The molecule has 0 aliphatic carbocycles. The molecular weight excluding hydrogens is 290 g/mol. The Hall–Kier alpha value is -0.0200. The molecule has 0 N–H and O–H groups in total. The van der Waals surface area contributed by atoms with E-state index in [1.165, 1.54) is 0 Å². The predicted octanol–water partition coefficient (Wildman–Crippen LogP) is 3.95. The van der Waals surface area contributed by atoms with Gasteiger partial charge in [-0.1, -0.05) is 31.9 Å². The van der Waals surface area contributed by atoms with Gasteiger partial charge in [-0.3, -0.25) is 0 Å². The molecule has 0 aromatic heterocycles. The third-order valence-electron chi connectivity index (χ3n) is 1.02. The summed E-state index contributed by atoms with van der Waals surface area (Å²) in [5.74, 6) is 0. The first-order chi connectivity index (χ1) is 5.22. The molecule has 0 fully saturated rings. The third kappa shape index (κ3) is 2.83. The quantitative estimate of drug-likeness (QED) is 0.564. The highest BCUT2D eigenvalue weighted by Gasteiger charge is 1.93. The van der Waals surface area contributed by atoms with Crippen LogP contribution in [0.1, 0.15) is 0 Å². The number of isothiocyanates is 1. The summed E-state index contributed by atoms with van der Waals surface area (Å²) < 4.78 is 1.94. The maximum absolute atomic E-state index is 4.47. The van der Waals surface area contributed by atoms with Crippen LogP contribution in [0.5, 0.6) is 0 Å². The lowest BCUT2D eigenvalue weighted by Gasteiger charge is -1.94. The van der Waals surface area contributed by atoms with Gasteiger partial charge < -0.3 is 0 Å². The van der Waals surface area contributed by atoms with Crippen molar-refractivity contribution in [3.8, 4) is 0 Å². The number of hydrogen-bond acceptors (Lipinski definition) is 2. The molecule has 0 spiro atoms. The van der Waals surface area contributed by atoms with Gasteiger partial charge in [-0.15, -0.1) is 0 Å². The van der Waals surface area contributed by atoms with Crippen LogP contribution < -0.4 is 0 Å². The van der Waals surface area contributed by atoms with Gasteiger partial charge in [0.1, 0.15) is 0 Å². The SMILES string of the molecule is S=C=Nc1cc(Br)cc(Br)c1. The molecule has 56 valence electrons. The molecule has 0 aliphatic heterocycles. The molecular formula is C7H3Br2NS. The Balaban J connectivity index is 3.18. The minimum absolute atomic E-state index is 0.793. The molecule has 1 aromatic carbocycles. The molecule has 0 heterocycles. The lowest BCUT2D eigenvalue weighted by atomic mass is 10.3. The van der Waals surface area contributed by atoms with E-state index in [1.54, 1.807) is 0 Å². The zero-order valence-electron chi connectivity index (χ0n) is 5.34. The van der Waals surface area contributed by atoms with E-state index >= 15 is 0 Å². The fourth-order valence-electron chi connectivity index (χ4n) is 0.657. The van der Waals surface area contributed by atoms with E-state index in [4.69, 9.17) is 0 Å². The molecule has 0 bridgehead atoms. The van der Waals surface area contributed by atoms with Gasteiger partial charge in [0.05, 0.1) is 10.8 Å². The number of nitrogens with zero attached hydrogens (tertiary/aromatic N) is 1. The lowest BCUT2D eigenvalue weighted by Crippen LogP contribution is -1.67. The summed E-state index contributed by atoms with van der Waals surface area (Å²) in [5, 5.41) is 2.31. The molecule has 0 amide bonds. The minimum Gasteiger partial charge on any atom is -0.195 e. The standard InChI is InChI=1S/C7H3Br2NS/c8-5-1-6(9)3-7(2-5)10-4-11/h1-3H. The Labute approximate surface area is 86.8 Å². The van der Waals surface area contributed by atoms with Gasteiger partial charge >= 0.3 is 0 Å². The van der Waals surface area contributed by atoms with Crippen LogP contribution in [0.15, 0.2) is 32.1 Å². The molecule has 0 saturated heterocycles. The number of hydrogen-bond donors (Lipinski definition) is 0. The van der Waals surface area contributed by atoms with Crippen LogP contribution in [0.2, 0.25) is 0 Å². The average molecular weight is 293 g/mol. The second-order valence-electron chi connectivity index (χ2n) is 1.83. The highest BCUT2D eigenvalue weighted by molar-refractivity contribution is 9.11. The first-order valence-electron chi connectivity index (χ1n) is 2.76. The second kappa shape index (κ2) is 4.12. The molecule has 1 aromatic rings. The number of aliphatic imine (C=N–C) groups is 1. The van der Waals surface area contributed by atoms with E-state index in [0.29, 0.717) is 0 Å². The summed E-state index contributed by atoms with van der Waals surface area (Å²) >= 11 is 11.1. The molecule has 0 saturated carbocycles. The van der Waals surface area contributed by atoms with Crippen LogP contribution in [-0.2, 0) is 0 Å². The van der Waals surface area contributed by atoms with Gasteiger partial charge in [0.25, 0.3) is 0 Å². The molecule has 0 atom stereocenters. The van der Waals surface area contributed by atoms with Crippen LogP contribution in [0.4, 0.5) is 5.69 Å². The molecule has 0 unspecified atom stereocenters. The molecule has 1 rings (SSSR count). The smallest absolute Gasteiger partial charge is 0.0762 e. The summed E-state index contributed by atoms with van der Waals surface area (Å²) in [6, 6.07) is 5.66. The highest BCUT2D eigenvalue weighted by Crippen LogP contribution is 2.24. The van der Waals surface area contributed by atoms with E-state index in [2.05, 4.69) is 54.2 Å². The van der Waals surface area contributed by atoms with E-state index in [-0.39, 0.29) is 0 Å². The van der Waals surface area contributed by atoms with Crippen molar-refractivity contribution in [1.29, 1.82) is 0 Å². The zero-order chi connectivity index (χ0) is 8.27. The van der Waals surface area contributed by atoms with E-state index in [1.807, 2.05) is 18.2 Å². The fraction of sp³-hybridized carbons (Fsp3) is 0. The van der Waals surface area contributed by atoms with Crippen molar-refractivity contribution in [2.45, 2.75) is 0 Å². The van der Waals surface area contributed by atoms with Crippen molar-refractivity contribution in [1.82, 2.24) is 0 Å². The van der Waals surface area contributed by atoms with E-state index in [9.17, 15) is 0 Å². The monoisotopic (exact) mass is 291 g/mol. The number of halogens is 2. The normalized spacial score (nSPS) is 8.91. The third-order valence-corrected chi connectivity index (χ3v) is 2.03. The van der Waals surface area contributed by atoms with Crippen molar-refractivity contribution in [3.63, 3.8) is 0 Å². The van der Waals surface area contributed by atoms with Gasteiger partial charge in [0.2, 0.25) is 0 Å². The predicted molar refractivity (Wildman–Crippen MR) is 56.5 cm³/mol. The average Bonchev–Trinajstić information content (AvgIpc) is 1.85. The Morgan fingerprint density at radius 3 is 2.18 bits per heavy atom. The Morgan fingerprint density at radius 1 is 1.18 bits per heavy atom. The highest BCUT2D eigenvalue weighted by atomic mass is 79.9. The van der Waals surface area contributed by atoms with Crippen molar-refractivity contribution >= 4 is 54.9 Å². The van der Waals surface area contributed by atoms with Gasteiger partial charge in [-0.05, 0) is 30.4 Å². The molecule has 11 heavy (non-hydrogen) atoms. The Bertz CT molecular complexity index is 298. The Morgan fingerprint density at radius 2 is 1.73 bits per heavy atom. The van der Waals surface area contributed by atoms with Crippen LogP contribution in [0.3, 0.4) is 0 Å². The van der Waals surface area contributed by atoms with E-state index < -0.39 is 0 Å². The fourth-order valence-corrected chi connectivity index (χ4v) is 2.03. The second-order valence-corrected chi connectivity index (χ2v) is 3.84. The van der Waals surface area contributed by atoms with Gasteiger partial charge in [0.15, 0.2) is 0 Å². The van der Waals surface area contributed by atoms with Crippen LogP contribution in [-0.4, -0.2) is 5.16 Å². The number of benzene rings is 1. The maximum atomic E-state index is 4.47. The van der Waals surface area contributed by atoms with Crippen LogP contribution in [0, 0.1) is 0 Å². The van der Waals surface area contributed by atoms with Crippen molar-refractivity contribution in [2.24, 2.45) is 4.99 Å². The van der Waals surface area contributed by atoms with Crippen LogP contribution in [0.25, 0.3) is 0 Å². The summed E-state index contributed by atoms with van der Waals surface area (Å²) in [6.07, 6.45) is 0. The minimum atomic E-state index is 0.793. The summed E-state index contributed by atoms with van der Waals surface area (Å²) in [5.41, 5.74) is 0.793. The van der Waals surface area contributed by atoms with Gasteiger partial charge in [-0.25, -0.2) is 0 Å². The van der Waals surface area contributed by atoms with Gasteiger partial charge in [0, 0.05) is 8.95 Å². The summed E-state index contributed by atoms with van der Waals surface area (Å²) in [4.78, 5) is 3.83. The Kier molecular flexibility index (Phi) is 3.40. The molecule has 4 heteroatoms. The van der Waals surface area contributed by atoms with Crippen molar-refractivity contribution in [3.05, 3.63) is 27.1 Å². The van der Waals surface area contributed by atoms with Crippen molar-refractivity contribution in [2.75, 3.05) is 0 Å². The summed E-state index contributed by atoms with van der Waals surface area (Å²) in [6.45, 7) is 0. The molecule has 0 radical (unpaired) electrons. The zero-order valence-corrected chi connectivity index (χ0v) is 9.33. The largest absolute Gasteiger partial charge is 0.195 e. The maximum Gasteiger partial charge on any atom is 0.0762 e. The lowest BCUT2D eigenvalue weighted by molar-refractivity contribution is 1.50. The summed E-state index contributed by atoms with van der Waals surface area (Å²) in [7, 11) is 0. The first-order valence-corrected chi connectivity index (χ1v) is 4.76. The molecule has 1 nitrogen and oxygen atoms in total. The van der Waals surface area contributed by atoms with Crippen LogP contribution >= 0.6 is 44.1 Å². The van der Waals surface area contributed by atoms with Gasteiger partial charge in [-0.2, -0.15) is 4.99 Å². The van der Waals surface area contributed by atoms with Crippen molar-refractivity contribution < 1.29 is 0 Å². The number of rotatable bonds is 1. The first kappa shape index (κ1) is 9.07. The van der Waals surface area contributed by atoms with E-state index in [0.717, 1.165) is 14.6 Å². The molecule has 0 aliphatic rings. The topological polar surface area (TPSA) is 12.4 Å². The number of thiocarbonyl (C=S) groups is 1.